The maximum Gasteiger partial charge on any atom is 0.410 e. The summed E-state index contributed by atoms with van der Waals surface area (Å²) in [5.74, 6) is -1.10. The number of alkyl halides is 1. The van der Waals surface area contributed by atoms with Crippen molar-refractivity contribution < 1.29 is 27.4 Å². The van der Waals surface area contributed by atoms with E-state index in [1.165, 1.54) is 12.3 Å². The van der Waals surface area contributed by atoms with Crippen molar-refractivity contribution in [3.8, 4) is 17.3 Å². The predicted octanol–water partition coefficient (Wildman–Crippen LogP) is 7.08. The molecule has 3 fully saturated rings. The van der Waals surface area contributed by atoms with Crippen LogP contribution in [-0.2, 0) is 4.74 Å². The van der Waals surface area contributed by atoms with Gasteiger partial charge >= 0.3 is 12.1 Å². The number of carbonyl (C=O) groups excluding carboxylic acids is 1. The fourth-order valence-corrected chi connectivity index (χ4v) is 7.81. The van der Waals surface area contributed by atoms with Crippen molar-refractivity contribution in [3.63, 3.8) is 0 Å². The number of piperazine rings is 1. The number of hydrogen-bond donors (Lipinski definition) is 0. The monoisotopic (exact) mass is 707 g/mol. The number of anilines is 1. The van der Waals surface area contributed by atoms with E-state index in [2.05, 4.69) is 19.7 Å². The minimum atomic E-state index is -0.962. The minimum absolute atomic E-state index is 0.0139. The second-order valence-electron chi connectivity index (χ2n) is 14.3. The second-order valence-corrected chi connectivity index (χ2v) is 14.6. The number of aromatic nitrogens is 3. The van der Waals surface area contributed by atoms with Crippen molar-refractivity contribution in [2.75, 3.05) is 50.8 Å². The van der Waals surface area contributed by atoms with Gasteiger partial charge in [0, 0.05) is 49.7 Å². The van der Waals surface area contributed by atoms with Crippen molar-refractivity contribution in [1.29, 1.82) is 0 Å². The highest BCUT2D eigenvalue weighted by Crippen LogP contribution is 2.42. The molecule has 0 N–H and O–H groups in total. The van der Waals surface area contributed by atoms with Gasteiger partial charge in [-0.2, -0.15) is 9.97 Å². The topological polar surface area (TPSA) is 88.3 Å². The molecule has 2 aromatic carbocycles. The lowest BCUT2D eigenvalue weighted by molar-refractivity contribution is 0.0155. The number of benzene rings is 2. The van der Waals surface area contributed by atoms with Crippen LogP contribution >= 0.6 is 11.6 Å². The number of halogens is 4. The number of rotatable bonds is 6. The summed E-state index contributed by atoms with van der Waals surface area (Å²) in [4.78, 5) is 36.0. The van der Waals surface area contributed by atoms with Crippen molar-refractivity contribution in [3.05, 3.63) is 64.6 Å². The average Bonchev–Trinajstić information content (AvgIpc) is 3.60. The molecule has 50 heavy (non-hydrogen) atoms. The van der Waals surface area contributed by atoms with E-state index < -0.39 is 41.1 Å². The fraction of sp³-hybridized carbons (Fsp3) is 0.472. The summed E-state index contributed by atoms with van der Waals surface area (Å²) in [6.45, 7) is 14.9. The number of nitrogens with zero attached hydrogens (tertiary/aromatic N) is 7. The van der Waals surface area contributed by atoms with E-state index in [-0.39, 0.29) is 59.4 Å². The Kier molecular flexibility index (Phi) is 8.89. The summed E-state index contributed by atoms with van der Waals surface area (Å²) in [5, 5.41) is 1.06. The number of ether oxygens (including phenoxy) is 2. The molecule has 0 radical (unpaired) electrons. The second kappa shape index (κ2) is 13.0. The first-order chi connectivity index (χ1) is 23.9. The summed E-state index contributed by atoms with van der Waals surface area (Å²) in [6.07, 6.45) is 2.00. The van der Waals surface area contributed by atoms with E-state index in [1.807, 2.05) is 4.90 Å². The molecular weight excluding hydrogens is 671 g/mol. The normalized spacial score (nSPS) is 22.6. The summed E-state index contributed by atoms with van der Waals surface area (Å²) in [5.41, 5.74) is -1.08. The Balaban J connectivity index is 1.31. The smallest absolute Gasteiger partial charge is 0.410 e. The van der Waals surface area contributed by atoms with E-state index in [4.69, 9.17) is 32.6 Å². The number of carbonyl (C=O) groups is 1. The predicted molar refractivity (Wildman–Crippen MR) is 184 cm³/mol. The lowest BCUT2D eigenvalue weighted by Crippen LogP contribution is -2.57. The van der Waals surface area contributed by atoms with Crippen molar-refractivity contribution in [2.24, 2.45) is 0 Å². The highest BCUT2D eigenvalue weighted by atomic mass is 35.5. The largest absolute Gasteiger partial charge is 0.461 e. The molecule has 0 spiro atoms. The van der Waals surface area contributed by atoms with Crippen LogP contribution in [0.4, 0.5) is 23.8 Å². The average molecular weight is 708 g/mol. The van der Waals surface area contributed by atoms with Crippen LogP contribution in [-0.4, -0.2) is 100 Å². The van der Waals surface area contributed by atoms with Gasteiger partial charge in [0.1, 0.15) is 47.3 Å². The van der Waals surface area contributed by atoms with Gasteiger partial charge in [0.15, 0.2) is 5.82 Å². The zero-order chi connectivity index (χ0) is 35.4. The Hall–Kier alpha value is -4.41. The maximum absolute atomic E-state index is 16.8. The Labute approximate surface area is 292 Å². The molecule has 5 heterocycles. The summed E-state index contributed by atoms with van der Waals surface area (Å²) in [6, 6.07) is 7.28. The standard InChI is InChI=1S/C36H37ClF3N7O3/c1-35(2,3)50-34(48)47-14-13-45(19-23(47)16-41-4)32-25-17-42-30(24-8-5-7-21-9-10-26(39)28(37)27(21)24)29(40)31(25)43-33(44-32)49-20-36-11-6-12-46(36)18-22(38)15-36/h5,7-10,17,22-23H,6,11-16,18-20H2,1-3H3/t22-,23+,36?/m1/s1. The first kappa shape index (κ1) is 34.1. The SMILES string of the molecule is [C-]#[N+]C[C@H]1CN(c2nc(OCC34CCCN3C[C@H](F)C4)nc3c(F)c(-c4cccc5ccc(F)c(Cl)c45)ncc23)CCN1C(=O)OC(C)(C)C. The Morgan fingerprint density at radius 3 is 2.74 bits per heavy atom. The molecule has 3 aliphatic heterocycles. The van der Waals surface area contributed by atoms with Crippen LogP contribution in [0.2, 0.25) is 5.02 Å². The fourth-order valence-electron chi connectivity index (χ4n) is 7.54. The van der Waals surface area contributed by atoms with Gasteiger partial charge in [-0.25, -0.2) is 24.5 Å². The molecule has 4 aromatic rings. The lowest BCUT2D eigenvalue weighted by Gasteiger charge is -2.40. The van der Waals surface area contributed by atoms with Crippen molar-refractivity contribution in [2.45, 2.75) is 63.4 Å². The third-order valence-corrected chi connectivity index (χ3v) is 10.1. The van der Waals surface area contributed by atoms with Crippen LogP contribution in [0.3, 0.4) is 0 Å². The molecule has 2 aromatic heterocycles. The molecule has 3 aliphatic rings. The van der Waals surface area contributed by atoms with Gasteiger partial charge in [0.05, 0.1) is 15.9 Å². The summed E-state index contributed by atoms with van der Waals surface area (Å²) in [7, 11) is 0. The van der Waals surface area contributed by atoms with E-state index in [9.17, 15) is 13.6 Å². The zero-order valence-electron chi connectivity index (χ0n) is 28.1. The first-order valence-corrected chi connectivity index (χ1v) is 17.1. The van der Waals surface area contributed by atoms with Gasteiger partial charge in [0.2, 0.25) is 6.54 Å². The number of amides is 1. The highest BCUT2D eigenvalue weighted by molar-refractivity contribution is 6.36. The lowest BCUT2D eigenvalue weighted by atomic mass is 9.95. The van der Waals surface area contributed by atoms with E-state index >= 15 is 4.39 Å². The quantitative estimate of drug-likeness (QED) is 0.197. The molecule has 0 aliphatic carbocycles. The summed E-state index contributed by atoms with van der Waals surface area (Å²) < 4.78 is 57.9. The molecule has 10 nitrogen and oxygen atoms in total. The van der Waals surface area contributed by atoms with Gasteiger partial charge in [-0.3, -0.25) is 14.8 Å². The van der Waals surface area contributed by atoms with Crippen molar-refractivity contribution in [1.82, 2.24) is 24.8 Å². The van der Waals surface area contributed by atoms with Crippen LogP contribution in [0, 0.1) is 18.2 Å². The summed E-state index contributed by atoms with van der Waals surface area (Å²) >= 11 is 6.40. The first-order valence-electron chi connectivity index (χ1n) is 16.7. The molecule has 0 saturated carbocycles. The van der Waals surface area contributed by atoms with Gasteiger partial charge < -0.3 is 19.2 Å². The van der Waals surface area contributed by atoms with Gasteiger partial charge in [0.25, 0.3) is 0 Å². The molecule has 0 bridgehead atoms. The molecule has 3 atom stereocenters. The Morgan fingerprint density at radius 2 is 1.96 bits per heavy atom. The molecule has 1 unspecified atom stereocenters. The van der Waals surface area contributed by atoms with Crippen LogP contribution in [0.25, 0.3) is 37.8 Å². The minimum Gasteiger partial charge on any atom is -0.461 e. The van der Waals surface area contributed by atoms with Gasteiger partial charge in [-0.05, 0) is 51.6 Å². The van der Waals surface area contributed by atoms with Crippen molar-refractivity contribution >= 4 is 45.2 Å². The third-order valence-electron chi connectivity index (χ3n) is 9.78. The number of pyridine rings is 1. The van der Waals surface area contributed by atoms with Gasteiger partial charge in [-0.15, -0.1) is 0 Å². The van der Waals surface area contributed by atoms with Crippen LogP contribution < -0.4 is 9.64 Å². The van der Waals surface area contributed by atoms with E-state index in [0.29, 0.717) is 36.1 Å². The van der Waals surface area contributed by atoms with Crippen LogP contribution in [0.1, 0.15) is 40.0 Å². The number of fused-ring (bicyclic) bond motifs is 3. The highest BCUT2D eigenvalue weighted by Gasteiger charge is 2.49. The molecular formula is C36H37ClF3N7O3. The Bertz CT molecular complexity index is 2020. The van der Waals surface area contributed by atoms with Gasteiger partial charge in [-0.1, -0.05) is 35.9 Å². The van der Waals surface area contributed by atoms with E-state index in [1.54, 1.807) is 49.9 Å². The van der Waals surface area contributed by atoms with E-state index in [0.717, 1.165) is 19.4 Å². The zero-order valence-corrected chi connectivity index (χ0v) is 28.8. The molecule has 3 saturated heterocycles. The Morgan fingerprint density at radius 1 is 1.14 bits per heavy atom. The molecule has 14 heteroatoms. The maximum atomic E-state index is 16.8. The number of hydrogen-bond acceptors (Lipinski definition) is 8. The molecule has 1 amide bonds. The third kappa shape index (κ3) is 6.24. The molecule has 262 valence electrons. The molecule has 7 rings (SSSR count). The van der Waals surface area contributed by atoms with Crippen LogP contribution in [0.5, 0.6) is 6.01 Å². The van der Waals surface area contributed by atoms with Crippen LogP contribution in [0.15, 0.2) is 36.5 Å².